The zero-order valence-corrected chi connectivity index (χ0v) is 13.4. The van der Waals surface area contributed by atoms with Crippen LogP contribution in [0.4, 0.5) is 0 Å². The fourth-order valence-corrected chi connectivity index (χ4v) is 3.20. The smallest absolute Gasteiger partial charge is 0.271 e. The number of hydrogen-bond donors (Lipinski definition) is 2. The van der Waals surface area contributed by atoms with Crippen molar-refractivity contribution < 1.29 is 17.6 Å². The highest BCUT2D eigenvalue weighted by Gasteiger charge is 2.41. The summed E-state index contributed by atoms with van der Waals surface area (Å²) >= 11 is 0. The first-order valence-corrected chi connectivity index (χ1v) is 8.88. The maximum Gasteiger partial charge on any atom is 0.271 e. The van der Waals surface area contributed by atoms with Gasteiger partial charge in [-0.15, -0.1) is 0 Å². The third-order valence-corrected chi connectivity index (χ3v) is 4.94. The summed E-state index contributed by atoms with van der Waals surface area (Å²) in [4.78, 5) is 12.4. The van der Waals surface area contributed by atoms with Gasteiger partial charge in [0, 0.05) is 6.07 Å². The summed E-state index contributed by atoms with van der Waals surface area (Å²) in [5.41, 5.74) is 1.17. The van der Waals surface area contributed by atoms with Crippen molar-refractivity contribution in [3.8, 4) is 0 Å². The minimum atomic E-state index is -3.96. The van der Waals surface area contributed by atoms with Crippen LogP contribution in [0.3, 0.4) is 0 Å². The predicted octanol–water partition coefficient (Wildman–Crippen LogP) is 2.05. The molecule has 1 amide bonds. The van der Waals surface area contributed by atoms with Crippen molar-refractivity contribution in [1.82, 2.24) is 5.32 Å². The number of sulfonamides is 1. The zero-order valence-electron chi connectivity index (χ0n) is 12.6. The molecule has 0 radical (unpaired) electrons. The van der Waals surface area contributed by atoms with Gasteiger partial charge in [0.15, 0.2) is 0 Å². The molecule has 122 valence electrons. The van der Waals surface area contributed by atoms with Gasteiger partial charge in [-0.3, -0.25) is 4.79 Å². The lowest BCUT2D eigenvalue weighted by Crippen LogP contribution is -2.30. The molecule has 1 aromatic carbocycles. The number of nitrogens with one attached hydrogen (secondary N) is 1. The molecule has 1 aromatic heterocycles. The first kappa shape index (κ1) is 15.8. The Labute approximate surface area is 134 Å². The molecular formula is C16H18N2O4S. The van der Waals surface area contributed by atoms with Gasteiger partial charge < -0.3 is 9.73 Å². The summed E-state index contributed by atoms with van der Waals surface area (Å²) in [6.45, 7) is 2.14. The van der Waals surface area contributed by atoms with E-state index in [0.717, 1.165) is 24.3 Å². The third-order valence-electron chi connectivity index (χ3n) is 4.16. The highest BCUT2D eigenvalue weighted by molar-refractivity contribution is 7.89. The van der Waals surface area contributed by atoms with Gasteiger partial charge >= 0.3 is 0 Å². The van der Waals surface area contributed by atoms with E-state index in [1.807, 2.05) is 30.3 Å². The molecule has 7 heteroatoms. The van der Waals surface area contributed by atoms with Crippen molar-refractivity contribution in [1.29, 1.82) is 0 Å². The molecule has 3 rings (SSSR count). The van der Waals surface area contributed by atoms with E-state index < -0.39 is 15.1 Å². The predicted molar refractivity (Wildman–Crippen MR) is 84.0 cm³/mol. The van der Waals surface area contributed by atoms with Crippen LogP contribution in [-0.4, -0.2) is 14.3 Å². The summed E-state index contributed by atoms with van der Waals surface area (Å²) in [5, 5.41) is 7.54. The number of hydrogen-bond acceptors (Lipinski definition) is 4. The molecule has 0 saturated heterocycles. The highest BCUT2D eigenvalue weighted by atomic mass is 32.2. The van der Waals surface area contributed by atoms with Crippen LogP contribution >= 0.6 is 0 Å². The zero-order chi connectivity index (χ0) is 16.6. The molecule has 0 bridgehead atoms. The number of rotatable bonds is 5. The third kappa shape index (κ3) is 3.46. The average Bonchev–Trinajstić information content (AvgIpc) is 3.03. The Kier molecular flexibility index (Phi) is 3.99. The molecule has 0 spiro atoms. The van der Waals surface area contributed by atoms with Gasteiger partial charge in [0.05, 0.1) is 11.6 Å². The molecule has 1 aliphatic rings. The van der Waals surface area contributed by atoms with Crippen LogP contribution in [0.15, 0.2) is 52.2 Å². The van der Waals surface area contributed by atoms with Gasteiger partial charge in [-0.25, -0.2) is 13.6 Å². The van der Waals surface area contributed by atoms with Crippen molar-refractivity contribution in [3.05, 3.63) is 53.8 Å². The Hall–Kier alpha value is -2.12. The van der Waals surface area contributed by atoms with Crippen molar-refractivity contribution in [2.24, 2.45) is 17.0 Å². The monoisotopic (exact) mass is 334 g/mol. The van der Waals surface area contributed by atoms with E-state index in [9.17, 15) is 13.2 Å². The lowest BCUT2D eigenvalue weighted by Gasteiger charge is -2.19. The molecule has 23 heavy (non-hydrogen) atoms. The highest BCUT2D eigenvalue weighted by Crippen LogP contribution is 2.47. The number of amides is 1. The van der Waals surface area contributed by atoms with Gasteiger partial charge in [-0.1, -0.05) is 37.3 Å². The second-order valence-corrected chi connectivity index (χ2v) is 7.43. The Balaban J connectivity index is 1.80. The first-order chi connectivity index (χ1) is 10.9. The minimum Gasteiger partial charge on any atom is -0.451 e. The summed E-state index contributed by atoms with van der Waals surface area (Å²) in [5.74, 6) is 0.549. The average molecular weight is 334 g/mol. The lowest BCUT2D eigenvalue weighted by molar-refractivity contribution is 0.0930. The molecule has 3 N–H and O–H groups in total. The maximum absolute atomic E-state index is 12.4. The normalized spacial score (nSPS) is 21.7. The summed E-state index contributed by atoms with van der Waals surface area (Å²) in [7, 11) is -3.96. The minimum absolute atomic E-state index is 0.105. The first-order valence-electron chi connectivity index (χ1n) is 7.33. The van der Waals surface area contributed by atoms with E-state index in [1.54, 1.807) is 0 Å². The molecule has 6 nitrogen and oxygen atoms in total. The van der Waals surface area contributed by atoms with Crippen molar-refractivity contribution in [2.75, 3.05) is 0 Å². The van der Waals surface area contributed by atoms with Gasteiger partial charge in [-0.05, 0) is 23.8 Å². The van der Waals surface area contributed by atoms with Gasteiger partial charge in [0.1, 0.15) is 6.26 Å². The Morgan fingerprint density at radius 1 is 1.35 bits per heavy atom. The molecule has 1 saturated carbocycles. The topological polar surface area (TPSA) is 102 Å². The van der Waals surface area contributed by atoms with Crippen LogP contribution in [0.1, 0.15) is 35.3 Å². The molecule has 0 unspecified atom stereocenters. The van der Waals surface area contributed by atoms with E-state index in [4.69, 9.17) is 9.56 Å². The van der Waals surface area contributed by atoms with E-state index in [1.165, 1.54) is 0 Å². The van der Waals surface area contributed by atoms with Gasteiger partial charge in [0.25, 0.3) is 15.9 Å². The van der Waals surface area contributed by atoms with Crippen molar-refractivity contribution >= 4 is 15.9 Å². The largest absolute Gasteiger partial charge is 0.451 e. The number of nitrogens with two attached hydrogens (primary N) is 1. The fourth-order valence-electron chi connectivity index (χ4n) is 2.72. The van der Waals surface area contributed by atoms with E-state index in [-0.39, 0.29) is 17.5 Å². The second-order valence-electron chi connectivity index (χ2n) is 5.94. The molecule has 1 heterocycles. The number of carbonyl (C=O) groups excluding carboxylic acids is 1. The van der Waals surface area contributed by atoms with E-state index in [0.29, 0.717) is 11.8 Å². The van der Waals surface area contributed by atoms with Crippen LogP contribution in [0, 0.1) is 11.8 Å². The summed E-state index contributed by atoms with van der Waals surface area (Å²) < 4.78 is 27.3. The van der Waals surface area contributed by atoms with Crippen LogP contribution in [0.2, 0.25) is 0 Å². The van der Waals surface area contributed by atoms with Crippen molar-refractivity contribution in [2.45, 2.75) is 24.5 Å². The fraction of sp³-hybridized carbons (Fsp3) is 0.312. The number of primary sulfonamides is 1. The van der Waals surface area contributed by atoms with Gasteiger partial charge in [-0.2, -0.15) is 0 Å². The SMILES string of the molecule is C[C@@H]1C[C@@H]1[C@H](NC(=O)c1coc(S(N)(=O)=O)c1)c1ccccc1. The lowest BCUT2D eigenvalue weighted by atomic mass is 10.0. The number of furan rings is 1. The Bertz CT molecular complexity index is 814. The Morgan fingerprint density at radius 3 is 2.52 bits per heavy atom. The summed E-state index contributed by atoms with van der Waals surface area (Å²) in [6.07, 6.45) is 2.15. The number of carbonyl (C=O) groups is 1. The maximum atomic E-state index is 12.4. The number of benzene rings is 1. The van der Waals surface area contributed by atoms with Crippen LogP contribution in [-0.2, 0) is 10.0 Å². The second kappa shape index (κ2) is 5.82. The van der Waals surface area contributed by atoms with E-state index >= 15 is 0 Å². The molecule has 2 aromatic rings. The van der Waals surface area contributed by atoms with Crippen molar-refractivity contribution in [3.63, 3.8) is 0 Å². The molecular weight excluding hydrogens is 316 g/mol. The van der Waals surface area contributed by atoms with Crippen LogP contribution in [0.25, 0.3) is 0 Å². The molecule has 3 atom stereocenters. The molecule has 1 fully saturated rings. The van der Waals surface area contributed by atoms with E-state index in [2.05, 4.69) is 12.2 Å². The van der Waals surface area contributed by atoms with Crippen LogP contribution < -0.4 is 10.5 Å². The molecule has 0 aliphatic heterocycles. The summed E-state index contributed by atoms with van der Waals surface area (Å²) in [6, 6.07) is 10.8. The quantitative estimate of drug-likeness (QED) is 0.873. The van der Waals surface area contributed by atoms with Crippen LogP contribution in [0.5, 0.6) is 0 Å². The Morgan fingerprint density at radius 2 is 2.00 bits per heavy atom. The molecule has 1 aliphatic carbocycles. The van der Waals surface area contributed by atoms with Gasteiger partial charge in [0.2, 0.25) is 5.09 Å². The standard InChI is InChI=1S/C16H18N2O4S/c1-10-7-13(10)15(11-5-3-2-4-6-11)18-16(19)12-8-14(22-9-12)23(17,20)21/h2-6,8-10,13,15H,7H2,1H3,(H,18,19)(H2,17,20,21)/t10-,13+,15-/m1/s1.